The third-order valence-corrected chi connectivity index (χ3v) is 4.57. The van der Waals surface area contributed by atoms with Crippen LogP contribution in [0, 0.1) is 0 Å². The normalized spacial score (nSPS) is 14.9. The molecule has 1 aliphatic heterocycles. The van der Waals surface area contributed by atoms with Gasteiger partial charge in [-0.2, -0.15) is 13.2 Å². The van der Waals surface area contributed by atoms with Gasteiger partial charge in [-0.1, -0.05) is 0 Å². The summed E-state index contributed by atoms with van der Waals surface area (Å²) in [6.07, 6.45) is 2.43. The van der Waals surface area contributed by atoms with Crippen molar-refractivity contribution in [2.45, 2.75) is 25.1 Å². The molecule has 1 aliphatic rings. The van der Waals surface area contributed by atoms with Gasteiger partial charge in [0.05, 0.1) is 13.2 Å². The summed E-state index contributed by atoms with van der Waals surface area (Å²) in [6, 6.07) is 5.16. The summed E-state index contributed by atoms with van der Waals surface area (Å²) in [5.74, 6) is 0.123. The molecule has 0 atom stereocenters. The molecule has 0 aromatic carbocycles. The molecule has 4 rings (SSSR count). The number of amides is 1. The molecular weight excluding hydrogens is 415 g/mol. The second-order valence-electron chi connectivity index (χ2n) is 6.83. The molecule has 1 N–H and O–H groups in total. The number of carbonyl (C=O) groups excluding carboxylic acids is 1. The molecule has 11 heteroatoms. The van der Waals surface area contributed by atoms with Gasteiger partial charge in [-0.25, -0.2) is 9.97 Å². The Balaban J connectivity index is 1.61. The summed E-state index contributed by atoms with van der Waals surface area (Å²) in [4.78, 5) is 24.3. The number of hydrogen-bond donors (Lipinski definition) is 1. The summed E-state index contributed by atoms with van der Waals surface area (Å²) >= 11 is 0. The predicted molar refractivity (Wildman–Crippen MR) is 103 cm³/mol. The molecule has 3 aromatic heterocycles. The molecule has 0 spiro atoms. The van der Waals surface area contributed by atoms with Crippen LogP contribution >= 0.6 is 0 Å². The minimum absolute atomic E-state index is 0.0152. The summed E-state index contributed by atoms with van der Waals surface area (Å²) in [5, 5.41) is 2.43. The van der Waals surface area contributed by atoms with E-state index in [2.05, 4.69) is 20.3 Å². The number of imidazole rings is 1. The summed E-state index contributed by atoms with van der Waals surface area (Å²) in [6.45, 7) is 1.17. The van der Waals surface area contributed by atoms with Gasteiger partial charge in [0.25, 0.3) is 5.91 Å². The Labute approximate surface area is 175 Å². The highest BCUT2D eigenvalue weighted by atomic mass is 19.4. The highest BCUT2D eigenvalue weighted by molar-refractivity contribution is 6.03. The van der Waals surface area contributed by atoms with Crippen molar-refractivity contribution in [3.63, 3.8) is 0 Å². The monoisotopic (exact) mass is 433 g/mol. The first-order chi connectivity index (χ1) is 14.9. The minimum atomic E-state index is -4.62. The van der Waals surface area contributed by atoms with E-state index in [-0.39, 0.29) is 17.5 Å². The number of alkyl halides is 3. The number of carbonyl (C=O) groups is 1. The third-order valence-electron chi connectivity index (χ3n) is 4.57. The quantitative estimate of drug-likeness (QED) is 0.663. The maximum atomic E-state index is 12.9. The van der Waals surface area contributed by atoms with Gasteiger partial charge in [0.1, 0.15) is 35.4 Å². The van der Waals surface area contributed by atoms with E-state index in [9.17, 15) is 18.0 Å². The molecule has 4 heterocycles. The molecule has 0 radical (unpaired) electrons. The number of halogens is 3. The van der Waals surface area contributed by atoms with E-state index >= 15 is 0 Å². The van der Waals surface area contributed by atoms with Crippen molar-refractivity contribution in [3.05, 3.63) is 60.6 Å². The van der Waals surface area contributed by atoms with Crippen LogP contribution in [0.15, 0.2) is 49.2 Å². The number of nitrogens with zero attached hydrogens (tertiary/aromatic N) is 4. The maximum Gasteiger partial charge on any atom is 0.433 e. The molecule has 3 aromatic rings. The van der Waals surface area contributed by atoms with Crippen molar-refractivity contribution in [1.29, 1.82) is 0 Å². The van der Waals surface area contributed by atoms with Crippen LogP contribution < -0.4 is 10.1 Å². The van der Waals surface area contributed by atoms with Gasteiger partial charge in [0, 0.05) is 49.3 Å². The van der Waals surface area contributed by atoms with Crippen LogP contribution in [-0.4, -0.2) is 44.7 Å². The summed E-state index contributed by atoms with van der Waals surface area (Å²) < 4.78 is 51.6. The predicted octanol–water partition coefficient (Wildman–Crippen LogP) is 3.49. The van der Waals surface area contributed by atoms with Gasteiger partial charge in [0.2, 0.25) is 0 Å². The van der Waals surface area contributed by atoms with Crippen LogP contribution in [0.2, 0.25) is 0 Å². The lowest BCUT2D eigenvalue weighted by Gasteiger charge is -2.23. The Hall–Kier alpha value is -3.47. The topological polar surface area (TPSA) is 91.2 Å². The molecule has 31 heavy (non-hydrogen) atoms. The fourth-order valence-corrected chi connectivity index (χ4v) is 3.05. The van der Waals surface area contributed by atoms with Crippen molar-refractivity contribution in [1.82, 2.24) is 19.5 Å². The Morgan fingerprint density at radius 2 is 2.00 bits per heavy atom. The fourth-order valence-electron chi connectivity index (χ4n) is 3.05. The fraction of sp³-hybridized carbons (Fsp3) is 0.300. The van der Waals surface area contributed by atoms with Crippen LogP contribution in [-0.2, 0) is 10.9 Å². The summed E-state index contributed by atoms with van der Waals surface area (Å²) in [5.41, 5.74) is -1.17. The van der Waals surface area contributed by atoms with Gasteiger partial charge in [0.15, 0.2) is 0 Å². The molecule has 8 nitrogen and oxygen atoms in total. The minimum Gasteiger partial charge on any atom is -0.490 e. The van der Waals surface area contributed by atoms with E-state index in [0.29, 0.717) is 37.6 Å². The van der Waals surface area contributed by atoms with Crippen LogP contribution in [0.5, 0.6) is 5.75 Å². The number of nitrogens with one attached hydrogen (secondary N) is 1. The van der Waals surface area contributed by atoms with Gasteiger partial charge in [-0.05, 0) is 12.1 Å². The highest BCUT2D eigenvalue weighted by Crippen LogP contribution is 2.29. The smallest absolute Gasteiger partial charge is 0.433 e. The Bertz CT molecular complexity index is 1050. The first-order valence-corrected chi connectivity index (χ1v) is 9.48. The molecule has 0 bridgehead atoms. The van der Waals surface area contributed by atoms with E-state index in [1.165, 1.54) is 18.5 Å². The number of rotatable bonds is 5. The first-order valence-electron chi connectivity index (χ1n) is 9.48. The standard InChI is InChI=1S/C20H18F3N5O3/c21-20(22,23)17-9-13(1-4-25-17)26-19(29)16-10-15(31-14-2-7-30-8-3-14)11-18(27-16)28-6-5-24-12-28/h1,4-6,9-12,14H,2-3,7-8H2,(H,25,26,29). The Kier molecular flexibility index (Phi) is 5.85. The van der Waals surface area contributed by atoms with Crippen molar-refractivity contribution in [2.24, 2.45) is 0 Å². The van der Waals surface area contributed by atoms with E-state index in [1.807, 2.05) is 0 Å². The number of anilines is 1. The molecule has 1 fully saturated rings. The lowest BCUT2D eigenvalue weighted by molar-refractivity contribution is -0.141. The van der Waals surface area contributed by atoms with Crippen LogP contribution in [0.25, 0.3) is 5.82 Å². The van der Waals surface area contributed by atoms with Crippen LogP contribution in [0.4, 0.5) is 18.9 Å². The highest BCUT2D eigenvalue weighted by Gasteiger charge is 2.32. The molecule has 0 aliphatic carbocycles. The lowest BCUT2D eigenvalue weighted by atomic mass is 10.1. The molecular formula is C20H18F3N5O3. The van der Waals surface area contributed by atoms with Gasteiger partial charge < -0.3 is 14.8 Å². The number of aromatic nitrogens is 4. The van der Waals surface area contributed by atoms with E-state index in [4.69, 9.17) is 9.47 Å². The van der Waals surface area contributed by atoms with Crippen molar-refractivity contribution < 1.29 is 27.4 Å². The second-order valence-corrected chi connectivity index (χ2v) is 6.83. The van der Waals surface area contributed by atoms with Gasteiger partial charge >= 0.3 is 6.18 Å². The van der Waals surface area contributed by atoms with E-state index in [0.717, 1.165) is 12.3 Å². The molecule has 1 saturated heterocycles. The van der Waals surface area contributed by atoms with Crippen LogP contribution in [0.1, 0.15) is 29.0 Å². The molecule has 0 saturated carbocycles. The van der Waals surface area contributed by atoms with Gasteiger partial charge in [-0.3, -0.25) is 14.3 Å². The zero-order valence-corrected chi connectivity index (χ0v) is 16.2. The van der Waals surface area contributed by atoms with E-state index in [1.54, 1.807) is 23.0 Å². The van der Waals surface area contributed by atoms with Crippen molar-refractivity contribution >= 4 is 11.6 Å². The Morgan fingerprint density at radius 1 is 1.19 bits per heavy atom. The number of hydrogen-bond acceptors (Lipinski definition) is 6. The molecule has 0 unspecified atom stereocenters. The third kappa shape index (κ3) is 5.18. The first kappa shape index (κ1) is 20.8. The number of ether oxygens (including phenoxy) is 2. The van der Waals surface area contributed by atoms with Crippen molar-refractivity contribution in [3.8, 4) is 11.6 Å². The summed E-state index contributed by atoms with van der Waals surface area (Å²) in [7, 11) is 0. The van der Waals surface area contributed by atoms with Crippen LogP contribution in [0.3, 0.4) is 0 Å². The van der Waals surface area contributed by atoms with Crippen molar-refractivity contribution in [2.75, 3.05) is 18.5 Å². The number of pyridine rings is 2. The lowest BCUT2D eigenvalue weighted by Crippen LogP contribution is -2.26. The second kappa shape index (κ2) is 8.72. The van der Waals surface area contributed by atoms with E-state index < -0.39 is 17.8 Å². The molecule has 1 amide bonds. The Morgan fingerprint density at radius 3 is 2.71 bits per heavy atom. The largest absolute Gasteiger partial charge is 0.490 e. The zero-order chi connectivity index (χ0) is 21.8. The zero-order valence-electron chi connectivity index (χ0n) is 16.2. The average Bonchev–Trinajstić information content (AvgIpc) is 3.29. The van der Waals surface area contributed by atoms with Gasteiger partial charge in [-0.15, -0.1) is 0 Å². The molecule has 162 valence electrons. The average molecular weight is 433 g/mol. The SMILES string of the molecule is O=C(Nc1ccnc(C(F)(F)F)c1)c1cc(OC2CCOCC2)cc(-n2ccnc2)n1. The maximum absolute atomic E-state index is 12.9.